The molecular weight excluding hydrogens is 398 g/mol. The van der Waals surface area contributed by atoms with Crippen molar-refractivity contribution >= 4 is 32.4 Å². The molecule has 4 rings (SSSR count). The van der Waals surface area contributed by atoms with Gasteiger partial charge in [0.1, 0.15) is 0 Å². The van der Waals surface area contributed by atoms with Crippen molar-refractivity contribution in [1.29, 1.82) is 0 Å². The fourth-order valence-corrected chi connectivity index (χ4v) is 5.05. The van der Waals surface area contributed by atoms with Crippen molar-refractivity contribution in [3.8, 4) is 0 Å². The van der Waals surface area contributed by atoms with Gasteiger partial charge < -0.3 is 0 Å². The Labute approximate surface area is 176 Å². The molecule has 0 bridgehead atoms. The highest BCUT2D eigenvalue weighted by Gasteiger charge is 2.27. The van der Waals surface area contributed by atoms with E-state index in [-0.39, 0.29) is 10.8 Å². The molecule has 1 fully saturated rings. The van der Waals surface area contributed by atoms with E-state index in [2.05, 4.69) is 10.5 Å². The van der Waals surface area contributed by atoms with Crippen molar-refractivity contribution in [2.24, 2.45) is 5.10 Å². The molecule has 1 aliphatic rings. The number of sulfonamides is 1. The van der Waals surface area contributed by atoms with Gasteiger partial charge in [0.2, 0.25) is 10.0 Å². The molecule has 0 spiro atoms. The van der Waals surface area contributed by atoms with Gasteiger partial charge in [-0.25, -0.2) is 13.8 Å². The summed E-state index contributed by atoms with van der Waals surface area (Å²) in [6.07, 6.45) is 1.77. The third kappa shape index (κ3) is 4.13. The topological polar surface area (TPSA) is 78.8 Å². The second-order valence-corrected chi connectivity index (χ2v) is 9.27. The molecule has 1 saturated heterocycles. The smallest absolute Gasteiger partial charge is 0.267 e. The predicted octanol–water partition coefficient (Wildman–Crippen LogP) is 3.78. The first-order valence-corrected chi connectivity index (χ1v) is 11.3. The molecule has 0 unspecified atom stereocenters. The normalized spacial score (nSPS) is 15.4. The van der Waals surface area contributed by atoms with E-state index < -0.39 is 10.0 Å². The SMILES string of the molecule is C/C(=N/NC(=O)c1ccc(S(=O)(=O)N2CCCC2)cc1)c1ccc2ccccc2c1. The first kappa shape index (κ1) is 20.3. The number of benzene rings is 3. The van der Waals surface area contributed by atoms with Gasteiger partial charge in [0.25, 0.3) is 5.91 Å². The number of nitrogens with one attached hydrogen (secondary N) is 1. The van der Waals surface area contributed by atoms with Crippen molar-refractivity contribution in [2.45, 2.75) is 24.7 Å². The highest BCUT2D eigenvalue weighted by Crippen LogP contribution is 2.21. The number of rotatable bonds is 5. The molecule has 3 aromatic rings. The third-order valence-corrected chi connectivity index (χ3v) is 7.22. The maximum absolute atomic E-state index is 12.6. The summed E-state index contributed by atoms with van der Waals surface area (Å²) in [7, 11) is -3.49. The van der Waals surface area contributed by atoms with E-state index in [4.69, 9.17) is 0 Å². The Morgan fingerprint density at radius 1 is 0.900 bits per heavy atom. The average molecular weight is 422 g/mol. The van der Waals surface area contributed by atoms with Crippen molar-refractivity contribution in [1.82, 2.24) is 9.73 Å². The van der Waals surface area contributed by atoms with Gasteiger partial charge in [-0.05, 0) is 66.4 Å². The minimum absolute atomic E-state index is 0.205. The molecule has 0 radical (unpaired) electrons. The van der Waals surface area contributed by atoms with E-state index in [1.165, 1.54) is 28.6 Å². The van der Waals surface area contributed by atoms with Crippen LogP contribution >= 0.6 is 0 Å². The lowest BCUT2D eigenvalue weighted by Gasteiger charge is -2.15. The fraction of sp³-hybridized carbons (Fsp3) is 0.217. The van der Waals surface area contributed by atoms with E-state index in [1.54, 1.807) is 0 Å². The average Bonchev–Trinajstić information content (AvgIpc) is 3.33. The molecule has 0 aromatic heterocycles. The Morgan fingerprint density at radius 2 is 1.53 bits per heavy atom. The van der Waals surface area contributed by atoms with Crippen LogP contribution in [0.15, 0.2) is 76.7 Å². The van der Waals surface area contributed by atoms with Crippen LogP contribution in [0, 0.1) is 0 Å². The zero-order valence-electron chi connectivity index (χ0n) is 16.7. The van der Waals surface area contributed by atoms with Gasteiger partial charge in [0.05, 0.1) is 10.6 Å². The second kappa shape index (κ2) is 8.38. The van der Waals surface area contributed by atoms with E-state index in [1.807, 2.05) is 49.4 Å². The summed E-state index contributed by atoms with van der Waals surface area (Å²) in [4.78, 5) is 12.6. The van der Waals surface area contributed by atoms with Gasteiger partial charge in [0.15, 0.2) is 0 Å². The summed E-state index contributed by atoms with van der Waals surface area (Å²) < 4.78 is 26.7. The van der Waals surface area contributed by atoms with Gasteiger partial charge in [-0.2, -0.15) is 9.41 Å². The number of nitrogens with zero attached hydrogens (tertiary/aromatic N) is 2. The first-order chi connectivity index (χ1) is 14.4. The van der Waals surface area contributed by atoms with E-state index >= 15 is 0 Å². The molecule has 1 amide bonds. The van der Waals surface area contributed by atoms with Crippen LogP contribution in [0.1, 0.15) is 35.7 Å². The molecule has 3 aromatic carbocycles. The minimum atomic E-state index is -3.49. The van der Waals surface area contributed by atoms with Gasteiger partial charge in [-0.3, -0.25) is 4.79 Å². The maximum Gasteiger partial charge on any atom is 0.271 e. The molecular formula is C23H23N3O3S. The molecule has 1 aliphatic heterocycles. The Balaban J connectivity index is 1.46. The van der Waals surface area contributed by atoms with Gasteiger partial charge in [-0.15, -0.1) is 0 Å². The summed E-state index contributed by atoms with van der Waals surface area (Å²) in [5, 5.41) is 6.45. The number of fused-ring (bicyclic) bond motifs is 1. The highest BCUT2D eigenvalue weighted by molar-refractivity contribution is 7.89. The lowest BCUT2D eigenvalue weighted by atomic mass is 10.0. The summed E-state index contributed by atoms with van der Waals surface area (Å²) in [6, 6.07) is 20.0. The Hall–Kier alpha value is -3.03. The third-order valence-electron chi connectivity index (χ3n) is 5.31. The molecule has 1 heterocycles. The standard InChI is InChI=1S/C23H23N3O3S/c1-17(20-9-8-18-6-2-3-7-21(18)16-20)24-25-23(27)19-10-12-22(13-11-19)30(28,29)26-14-4-5-15-26/h2-3,6-13,16H,4-5,14-15H2,1H3,(H,25,27)/b24-17-. The van der Waals surface area contributed by atoms with Crippen molar-refractivity contribution < 1.29 is 13.2 Å². The number of carbonyl (C=O) groups is 1. The lowest BCUT2D eigenvalue weighted by Crippen LogP contribution is -2.28. The molecule has 0 atom stereocenters. The molecule has 0 aliphatic carbocycles. The summed E-state index contributed by atoms with van der Waals surface area (Å²) in [5.74, 6) is -0.389. The Bertz CT molecular complexity index is 1210. The zero-order chi connectivity index (χ0) is 21.1. The summed E-state index contributed by atoms with van der Waals surface area (Å²) >= 11 is 0. The number of hydrogen-bond acceptors (Lipinski definition) is 4. The van der Waals surface area contributed by atoms with Crippen molar-refractivity contribution in [3.63, 3.8) is 0 Å². The van der Waals surface area contributed by atoms with E-state index in [0.29, 0.717) is 24.4 Å². The number of hydrogen-bond donors (Lipinski definition) is 1. The van der Waals surface area contributed by atoms with Crippen LogP contribution in [-0.2, 0) is 10.0 Å². The fourth-order valence-electron chi connectivity index (χ4n) is 3.53. The van der Waals surface area contributed by atoms with Crippen LogP contribution in [0.2, 0.25) is 0 Å². The van der Waals surface area contributed by atoms with E-state index in [0.717, 1.165) is 29.2 Å². The molecule has 6 nitrogen and oxygen atoms in total. The molecule has 30 heavy (non-hydrogen) atoms. The van der Waals surface area contributed by atoms with Crippen LogP contribution in [0.4, 0.5) is 0 Å². The Kier molecular flexibility index (Phi) is 5.65. The minimum Gasteiger partial charge on any atom is -0.267 e. The first-order valence-electron chi connectivity index (χ1n) is 9.89. The molecule has 154 valence electrons. The quantitative estimate of drug-likeness (QED) is 0.503. The number of carbonyl (C=O) groups excluding carboxylic acids is 1. The number of amides is 1. The Morgan fingerprint density at radius 3 is 2.23 bits per heavy atom. The molecule has 7 heteroatoms. The van der Waals surface area contributed by atoms with Gasteiger partial charge in [-0.1, -0.05) is 36.4 Å². The molecule has 0 saturated carbocycles. The van der Waals surface area contributed by atoms with Crippen LogP contribution in [0.5, 0.6) is 0 Å². The van der Waals surface area contributed by atoms with Crippen molar-refractivity contribution in [3.05, 3.63) is 77.9 Å². The van der Waals surface area contributed by atoms with Crippen LogP contribution in [0.25, 0.3) is 10.8 Å². The monoisotopic (exact) mass is 421 g/mol. The second-order valence-electron chi connectivity index (χ2n) is 7.34. The summed E-state index contributed by atoms with van der Waals surface area (Å²) in [5.41, 5.74) is 4.50. The van der Waals surface area contributed by atoms with Crippen molar-refractivity contribution in [2.75, 3.05) is 13.1 Å². The van der Waals surface area contributed by atoms with Crippen LogP contribution in [0.3, 0.4) is 0 Å². The van der Waals surface area contributed by atoms with Crippen LogP contribution in [-0.4, -0.2) is 37.4 Å². The van der Waals surface area contributed by atoms with Crippen LogP contribution < -0.4 is 5.43 Å². The predicted molar refractivity (Wildman–Crippen MR) is 118 cm³/mol. The maximum atomic E-state index is 12.6. The molecule has 1 N–H and O–H groups in total. The zero-order valence-corrected chi connectivity index (χ0v) is 17.5. The van der Waals surface area contributed by atoms with Gasteiger partial charge >= 0.3 is 0 Å². The number of hydrazone groups is 1. The highest BCUT2D eigenvalue weighted by atomic mass is 32.2. The largest absolute Gasteiger partial charge is 0.271 e. The van der Waals surface area contributed by atoms with Gasteiger partial charge in [0, 0.05) is 18.7 Å². The summed E-state index contributed by atoms with van der Waals surface area (Å²) in [6.45, 7) is 2.93. The lowest BCUT2D eigenvalue weighted by molar-refractivity contribution is 0.0954. The van der Waals surface area contributed by atoms with E-state index in [9.17, 15) is 13.2 Å².